The largest absolute Gasteiger partial charge is 0.336 e. The summed E-state index contributed by atoms with van der Waals surface area (Å²) in [6, 6.07) is 7.92. The van der Waals surface area contributed by atoms with Gasteiger partial charge in [0.15, 0.2) is 4.96 Å². The highest BCUT2D eigenvalue weighted by molar-refractivity contribution is 7.15. The molecule has 1 fully saturated rings. The number of piperidine rings is 1. The third kappa shape index (κ3) is 2.00. The molecule has 6 nitrogen and oxygen atoms in total. The summed E-state index contributed by atoms with van der Waals surface area (Å²) in [5.74, 6) is -0.0122. The summed E-state index contributed by atoms with van der Waals surface area (Å²) in [5.41, 5.74) is 1.81. The Morgan fingerprint density at radius 2 is 2.15 bits per heavy atom. The minimum Gasteiger partial charge on any atom is -0.336 e. The van der Waals surface area contributed by atoms with Gasteiger partial charge in [-0.3, -0.25) is 14.0 Å². The zero-order valence-electron chi connectivity index (χ0n) is 14.4. The fourth-order valence-electron chi connectivity index (χ4n) is 4.33. The highest BCUT2D eigenvalue weighted by Gasteiger charge is 2.52. The first-order valence-corrected chi connectivity index (χ1v) is 9.57. The van der Waals surface area contributed by atoms with Crippen molar-refractivity contribution in [2.45, 2.75) is 18.3 Å². The number of likely N-dealkylation sites (tertiary alicyclic amines) is 1. The molecule has 7 heteroatoms. The number of nitrogens with zero attached hydrogens (tertiary/aromatic N) is 4. The van der Waals surface area contributed by atoms with E-state index in [-0.39, 0.29) is 11.8 Å². The SMILES string of the molecule is CN1C(=O)[C@@]2(CCCN(C(=O)c3cn4ccsc4n3)C2)c2ccccc21. The Balaban J connectivity index is 1.51. The Morgan fingerprint density at radius 1 is 1.31 bits per heavy atom. The minimum atomic E-state index is -0.629. The smallest absolute Gasteiger partial charge is 0.274 e. The molecule has 26 heavy (non-hydrogen) atoms. The molecule has 0 bridgehead atoms. The molecule has 0 saturated carbocycles. The number of hydrogen-bond donors (Lipinski definition) is 0. The molecular formula is C19H18N4O2S. The molecule has 1 atom stereocenters. The van der Waals surface area contributed by atoms with Gasteiger partial charge >= 0.3 is 0 Å². The van der Waals surface area contributed by atoms with Crippen LogP contribution in [0.3, 0.4) is 0 Å². The Kier molecular flexibility index (Phi) is 3.24. The number of carbonyl (C=O) groups excluding carboxylic acids is 2. The van der Waals surface area contributed by atoms with Crippen molar-refractivity contribution in [1.29, 1.82) is 0 Å². The average molecular weight is 366 g/mol. The van der Waals surface area contributed by atoms with E-state index in [0.717, 1.165) is 29.1 Å². The van der Waals surface area contributed by atoms with Crippen LogP contribution in [-0.2, 0) is 10.2 Å². The van der Waals surface area contributed by atoms with E-state index in [9.17, 15) is 9.59 Å². The molecule has 1 saturated heterocycles. The third-order valence-electron chi connectivity index (χ3n) is 5.59. The Bertz CT molecular complexity index is 1010. The summed E-state index contributed by atoms with van der Waals surface area (Å²) >= 11 is 1.50. The summed E-state index contributed by atoms with van der Waals surface area (Å²) in [6.45, 7) is 1.07. The van der Waals surface area contributed by atoms with Gasteiger partial charge in [0.25, 0.3) is 5.91 Å². The number of benzene rings is 1. The summed E-state index contributed by atoms with van der Waals surface area (Å²) in [5, 5.41) is 1.94. The first kappa shape index (κ1) is 15.6. The highest BCUT2D eigenvalue weighted by atomic mass is 32.1. The third-order valence-corrected chi connectivity index (χ3v) is 6.36. The number of para-hydroxylation sites is 1. The molecule has 1 aromatic carbocycles. The van der Waals surface area contributed by atoms with E-state index in [1.54, 1.807) is 16.0 Å². The van der Waals surface area contributed by atoms with Gasteiger partial charge in [-0.2, -0.15) is 0 Å². The van der Waals surface area contributed by atoms with Gasteiger partial charge in [0, 0.05) is 43.6 Å². The zero-order chi connectivity index (χ0) is 17.9. The van der Waals surface area contributed by atoms with E-state index in [1.165, 1.54) is 11.3 Å². The Labute approximate surface area is 154 Å². The first-order chi connectivity index (χ1) is 12.6. The summed E-state index contributed by atoms with van der Waals surface area (Å²) in [6.07, 6.45) is 5.25. The number of anilines is 1. The summed E-state index contributed by atoms with van der Waals surface area (Å²) < 4.78 is 1.86. The van der Waals surface area contributed by atoms with E-state index in [2.05, 4.69) is 4.98 Å². The molecule has 2 aliphatic heterocycles. The van der Waals surface area contributed by atoms with E-state index < -0.39 is 5.41 Å². The lowest BCUT2D eigenvalue weighted by atomic mass is 9.75. The van der Waals surface area contributed by atoms with Crippen LogP contribution in [0.15, 0.2) is 42.0 Å². The number of amides is 2. The maximum atomic E-state index is 13.1. The van der Waals surface area contributed by atoms with Gasteiger partial charge in [-0.1, -0.05) is 18.2 Å². The van der Waals surface area contributed by atoms with Crippen LogP contribution in [-0.4, -0.2) is 46.2 Å². The van der Waals surface area contributed by atoms with Crippen LogP contribution in [0.25, 0.3) is 4.96 Å². The first-order valence-electron chi connectivity index (χ1n) is 8.69. The van der Waals surface area contributed by atoms with Gasteiger partial charge in [-0.15, -0.1) is 11.3 Å². The fourth-order valence-corrected chi connectivity index (χ4v) is 5.03. The van der Waals surface area contributed by atoms with Gasteiger partial charge in [0.05, 0.1) is 5.41 Å². The van der Waals surface area contributed by atoms with Crippen LogP contribution in [0.5, 0.6) is 0 Å². The predicted octanol–water partition coefficient (Wildman–Crippen LogP) is 2.55. The lowest BCUT2D eigenvalue weighted by molar-refractivity contribution is -0.124. The Morgan fingerprint density at radius 3 is 3.00 bits per heavy atom. The Hall–Kier alpha value is -2.67. The van der Waals surface area contributed by atoms with Gasteiger partial charge in [0.2, 0.25) is 5.91 Å². The normalized spacial score (nSPS) is 22.4. The number of aromatic nitrogens is 2. The van der Waals surface area contributed by atoms with E-state index in [4.69, 9.17) is 0 Å². The molecule has 2 amide bonds. The molecule has 2 aromatic heterocycles. The lowest BCUT2D eigenvalue weighted by Crippen LogP contribution is -2.53. The summed E-state index contributed by atoms with van der Waals surface area (Å²) in [7, 11) is 1.82. The number of thiazole rings is 1. The number of rotatable bonds is 1. The van der Waals surface area contributed by atoms with Crippen LogP contribution in [0.2, 0.25) is 0 Å². The monoisotopic (exact) mass is 366 g/mol. The molecule has 1 spiro atoms. The number of hydrogen-bond acceptors (Lipinski definition) is 4. The van der Waals surface area contributed by atoms with Crippen molar-refractivity contribution in [2.24, 2.45) is 0 Å². The second-order valence-electron chi connectivity index (χ2n) is 7.01. The van der Waals surface area contributed by atoms with Crippen LogP contribution in [0, 0.1) is 0 Å². The van der Waals surface area contributed by atoms with Crippen LogP contribution in [0.1, 0.15) is 28.9 Å². The molecule has 3 aromatic rings. The quantitative estimate of drug-likeness (QED) is 0.665. The average Bonchev–Trinajstić information content (AvgIpc) is 3.32. The standard InChI is InChI=1S/C19H18N4O2S/c1-21-15-6-3-2-5-13(15)19(17(21)25)7-4-8-23(12-19)16(24)14-11-22-9-10-26-18(22)20-14/h2-3,5-6,9-11H,4,7-8,12H2,1H3/t19-/m1/s1. The van der Waals surface area contributed by atoms with Crippen molar-refractivity contribution >= 4 is 33.8 Å². The lowest BCUT2D eigenvalue weighted by Gasteiger charge is -2.39. The van der Waals surface area contributed by atoms with Crippen molar-refractivity contribution in [3.63, 3.8) is 0 Å². The minimum absolute atomic E-state index is 0.0852. The van der Waals surface area contributed by atoms with E-state index >= 15 is 0 Å². The molecule has 0 aliphatic carbocycles. The number of carbonyl (C=O) groups is 2. The van der Waals surface area contributed by atoms with E-state index in [0.29, 0.717) is 18.8 Å². The number of imidazole rings is 1. The highest BCUT2D eigenvalue weighted by Crippen LogP contribution is 2.46. The van der Waals surface area contributed by atoms with Gasteiger partial charge < -0.3 is 9.80 Å². The van der Waals surface area contributed by atoms with E-state index in [1.807, 2.05) is 47.3 Å². The summed E-state index contributed by atoms with van der Waals surface area (Å²) in [4.78, 5) is 34.9. The van der Waals surface area contributed by atoms with Crippen molar-refractivity contribution in [3.05, 3.63) is 53.3 Å². The predicted molar refractivity (Wildman–Crippen MR) is 99.7 cm³/mol. The zero-order valence-corrected chi connectivity index (χ0v) is 15.2. The molecule has 0 unspecified atom stereocenters. The van der Waals surface area contributed by atoms with Crippen molar-refractivity contribution in [3.8, 4) is 0 Å². The molecule has 2 aliphatic rings. The second kappa shape index (κ2) is 5.41. The van der Waals surface area contributed by atoms with Crippen LogP contribution < -0.4 is 4.90 Å². The van der Waals surface area contributed by atoms with Crippen molar-refractivity contribution < 1.29 is 9.59 Å². The van der Waals surface area contributed by atoms with Gasteiger partial charge in [0.1, 0.15) is 5.69 Å². The molecular weight excluding hydrogens is 348 g/mol. The maximum absolute atomic E-state index is 13.1. The maximum Gasteiger partial charge on any atom is 0.274 e. The molecule has 0 N–H and O–H groups in total. The number of fused-ring (bicyclic) bond motifs is 3. The molecule has 132 valence electrons. The van der Waals surface area contributed by atoms with Gasteiger partial charge in [-0.25, -0.2) is 4.98 Å². The van der Waals surface area contributed by atoms with Crippen molar-refractivity contribution in [2.75, 3.05) is 25.0 Å². The molecule has 0 radical (unpaired) electrons. The van der Waals surface area contributed by atoms with Crippen molar-refractivity contribution in [1.82, 2.24) is 14.3 Å². The second-order valence-corrected chi connectivity index (χ2v) is 7.89. The fraction of sp³-hybridized carbons (Fsp3) is 0.316. The molecule has 5 rings (SSSR count). The van der Waals surface area contributed by atoms with Crippen LogP contribution >= 0.6 is 11.3 Å². The number of likely N-dealkylation sites (N-methyl/N-ethyl adjacent to an activating group) is 1. The van der Waals surface area contributed by atoms with Crippen LogP contribution in [0.4, 0.5) is 5.69 Å². The van der Waals surface area contributed by atoms with Gasteiger partial charge in [-0.05, 0) is 24.5 Å². The molecule has 4 heterocycles. The topological polar surface area (TPSA) is 57.9 Å².